The lowest BCUT2D eigenvalue weighted by Crippen LogP contribution is -1.97. The van der Waals surface area contributed by atoms with E-state index in [1.807, 2.05) is 12.1 Å². The maximum atomic E-state index is 5.61. The van der Waals surface area contributed by atoms with Crippen molar-refractivity contribution in [2.75, 3.05) is 0 Å². The lowest BCUT2D eigenvalue weighted by molar-refractivity contribution is 1.07. The average molecular weight is 236 g/mol. The van der Waals surface area contributed by atoms with E-state index in [0.29, 0.717) is 6.54 Å². The van der Waals surface area contributed by atoms with Gasteiger partial charge in [0, 0.05) is 11.0 Å². The van der Waals surface area contributed by atoms with E-state index in [1.165, 1.54) is 10.8 Å². The third-order valence-electron chi connectivity index (χ3n) is 2.16. The van der Waals surface area contributed by atoms with Crippen LogP contribution >= 0.6 is 15.9 Å². The Morgan fingerprint density at radius 1 is 1.08 bits per heavy atom. The highest BCUT2D eigenvalue weighted by molar-refractivity contribution is 9.10. The third-order valence-corrected chi connectivity index (χ3v) is 3.10. The van der Waals surface area contributed by atoms with E-state index < -0.39 is 0 Å². The van der Waals surface area contributed by atoms with Gasteiger partial charge in [0.25, 0.3) is 0 Å². The number of halogens is 1. The summed E-state index contributed by atoms with van der Waals surface area (Å²) in [5.74, 6) is 0. The summed E-state index contributed by atoms with van der Waals surface area (Å²) in [4.78, 5) is 0. The Morgan fingerprint density at radius 3 is 2.62 bits per heavy atom. The van der Waals surface area contributed by atoms with Gasteiger partial charge in [-0.2, -0.15) is 0 Å². The van der Waals surface area contributed by atoms with Crippen molar-refractivity contribution in [3.05, 3.63) is 46.4 Å². The molecule has 0 aliphatic carbocycles. The second-order valence-electron chi connectivity index (χ2n) is 2.96. The number of benzene rings is 2. The van der Waals surface area contributed by atoms with Crippen LogP contribution < -0.4 is 5.73 Å². The first-order valence-electron chi connectivity index (χ1n) is 4.19. The molecule has 2 aromatic carbocycles. The monoisotopic (exact) mass is 235 g/mol. The van der Waals surface area contributed by atoms with Gasteiger partial charge in [0.15, 0.2) is 0 Å². The lowest BCUT2D eigenvalue weighted by atomic mass is 10.1. The molecule has 0 heterocycles. The largest absolute Gasteiger partial charge is 0.326 e. The molecule has 0 aromatic heterocycles. The van der Waals surface area contributed by atoms with Crippen molar-refractivity contribution < 1.29 is 0 Å². The van der Waals surface area contributed by atoms with Gasteiger partial charge in [-0.15, -0.1) is 0 Å². The molecule has 2 N–H and O–H groups in total. The summed E-state index contributed by atoms with van der Waals surface area (Å²) >= 11 is 3.56. The van der Waals surface area contributed by atoms with Gasteiger partial charge in [0.2, 0.25) is 0 Å². The molecular formula is C11H10BrN. The molecule has 2 rings (SSSR count). The maximum Gasteiger partial charge on any atom is 0.0298 e. The molecular weight excluding hydrogens is 226 g/mol. The second-order valence-corrected chi connectivity index (χ2v) is 3.76. The van der Waals surface area contributed by atoms with Crippen LogP contribution in [0.3, 0.4) is 0 Å². The quantitative estimate of drug-likeness (QED) is 0.808. The number of hydrogen-bond donors (Lipinski definition) is 1. The van der Waals surface area contributed by atoms with Crippen molar-refractivity contribution in [1.29, 1.82) is 0 Å². The van der Waals surface area contributed by atoms with Crippen LogP contribution in [-0.4, -0.2) is 0 Å². The molecule has 0 saturated heterocycles. The van der Waals surface area contributed by atoms with Crippen LogP contribution in [0.2, 0.25) is 0 Å². The Labute approximate surface area is 85.7 Å². The minimum absolute atomic E-state index is 0.575. The van der Waals surface area contributed by atoms with Gasteiger partial charge in [-0.05, 0) is 32.3 Å². The lowest BCUT2D eigenvalue weighted by Gasteiger charge is -2.05. The zero-order valence-electron chi connectivity index (χ0n) is 7.13. The van der Waals surface area contributed by atoms with Gasteiger partial charge in [-0.3, -0.25) is 0 Å². The van der Waals surface area contributed by atoms with Crippen LogP contribution in [0.1, 0.15) is 5.56 Å². The Bertz CT molecular complexity index is 437. The summed E-state index contributed by atoms with van der Waals surface area (Å²) in [5.41, 5.74) is 6.76. The van der Waals surface area contributed by atoms with Crippen molar-refractivity contribution in [3.8, 4) is 0 Å². The number of nitrogens with two attached hydrogens (primary N) is 1. The van der Waals surface area contributed by atoms with Crippen molar-refractivity contribution in [1.82, 2.24) is 0 Å². The fourth-order valence-corrected chi connectivity index (χ4v) is 2.09. The minimum Gasteiger partial charge on any atom is -0.326 e. The molecule has 1 nitrogen and oxygen atoms in total. The van der Waals surface area contributed by atoms with E-state index >= 15 is 0 Å². The van der Waals surface area contributed by atoms with E-state index in [0.717, 1.165) is 10.0 Å². The molecule has 0 aliphatic heterocycles. The molecule has 0 atom stereocenters. The Balaban J connectivity index is 2.79. The topological polar surface area (TPSA) is 26.0 Å². The van der Waals surface area contributed by atoms with Crippen LogP contribution in [-0.2, 0) is 6.54 Å². The van der Waals surface area contributed by atoms with Crippen molar-refractivity contribution in [2.45, 2.75) is 6.54 Å². The standard InChI is InChI=1S/C11H10BrN/c12-11-9(7-13)6-5-8-3-1-2-4-10(8)11/h1-6H,7,13H2. The molecule has 0 saturated carbocycles. The smallest absolute Gasteiger partial charge is 0.0298 e. The van der Waals surface area contributed by atoms with Gasteiger partial charge in [0.1, 0.15) is 0 Å². The third kappa shape index (κ3) is 1.47. The van der Waals surface area contributed by atoms with Gasteiger partial charge in [-0.1, -0.05) is 36.4 Å². The summed E-state index contributed by atoms with van der Waals surface area (Å²) in [6.07, 6.45) is 0. The van der Waals surface area contributed by atoms with Crippen molar-refractivity contribution >= 4 is 26.7 Å². The summed E-state index contributed by atoms with van der Waals surface area (Å²) < 4.78 is 1.12. The summed E-state index contributed by atoms with van der Waals surface area (Å²) in [6.45, 7) is 0.575. The van der Waals surface area contributed by atoms with Crippen molar-refractivity contribution in [2.24, 2.45) is 5.73 Å². The van der Waals surface area contributed by atoms with E-state index in [2.05, 4.69) is 40.2 Å². The number of fused-ring (bicyclic) bond motifs is 1. The number of hydrogen-bond acceptors (Lipinski definition) is 1. The molecule has 2 heteroatoms. The fraction of sp³-hybridized carbons (Fsp3) is 0.0909. The summed E-state index contributed by atoms with van der Waals surface area (Å²) in [5, 5.41) is 2.47. The van der Waals surface area contributed by atoms with Crippen LogP contribution in [0.25, 0.3) is 10.8 Å². The molecule has 0 amide bonds. The van der Waals surface area contributed by atoms with Gasteiger partial charge >= 0.3 is 0 Å². The van der Waals surface area contributed by atoms with E-state index in [1.54, 1.807) is 0 Å². The molecule has 0 spiro atoms. The molecule has 0 radical (unpaired) electrons. The zero-order chi connectivity index (χ0) is 9.26. The van der Waals surface area contributed by atoms with Gasteiger partial charge in [0.05, 0.1) is 0 Å². The predicted octanol–water partition coefficient (Wildman–Crippen LogP) is 3.06. The first kappa shape index (κ1) is 8.73. The highest BCUT2D eigenvalue weighted by Crippen LogP contribution is 2.27. The Kier molecular flexibility index (Phi) is 2.34. The average Bonchev–Trinajstić information content (AvgIpc) is 2.19. The normalized spacial score (nSPS) is 10.6. The molecule has 2 aromatic rings. The van der Waals surface area contributed by atoms with Crippen LogP contribution in [0.5, 0.6) is 0 Å². The number of rotatable bonds is 1. The van der Waals surface area contributed by atoms with E-state index in [9.17, 15) is 0 Å². The van der Waals surface area contributed by atoms with Gasteiger partial charge in [-0.25, -0.2) is 0 Å². The zero-order valence-corrected chi connectivity index (χ0v) is 8.71. The van der Waals surface area contributed by atoms with E-state index in [4.69, 9.17) is 5.73 Å². The Morgan fingerprint density at radius 2 is 1.85 bits per heavy atom. The predicted molar refractivity (Wildman–Crippen MR) is 59.5 cm³/mol. The highest BCUT2D eigenvalue weighted by atomic mass is 79.9. The summed E-state index contributed by atoms with van der Waals surface area (Å²) in [6, 6.07) is 12.4. The van der Waals surface area contributed by atoms with Gasteiger partial charge < -0.3 is 5.73 Å². The van der Waals surface area contributed by atoms with Crippen LogP contribution in [0.4, 0.5) is 0 Å². The van der Waals surface area contributed by atoms with Crippen molar-refractivity contribution in [3.63, 3.8) is 0 Å². The first-order chi connectivity index (χ1) is 6.33. The minimum atomic E-state index is 0.575. The molecule has 13 heavy (non-hydrogen) atoms. The SMILES string of the molecule is NCc1ccc2ccccc2c1Br. The maximum absolute atomic E-state index is 5.61. The summed E-state index contributed by atoms with van der Waals surface area (Å²) in [7, 11) is 0. The van der Waals surface area contributed by atoms with Crippen LogP contribution in [0, 0.1) is 0 Å². The molecule has 0 aliphatic rings. The van der Waals surface area contributed by atoms with E-state index in [-0.39, 0.29) is 0 Å². The Hall–Kier alpha value is -0.860. The molecule has 66 valence electrons. The molecule has 0 fully saturated rings. The molecule has 0 bridgehead atoms. The fourth-order valence-electron chi connectivity index (χ4n) is 1.44. The first-order valence-corrected chi connectivity index (χ1v) is 4.98. The molecule has 0 unspecified atom stereocenters. The van der Waals surface area contributed by atoms with Crippen LogP contribution in [0.15, 0.2) is 40.9 Å². The second kappa shape index (κ2) is 3.48. The highest BCUT2D eigenvalue weighted by Gasteiger charge is 2.01.